The van der Waals surface area contributed by atoms with Gasteiger partial charge in [-0.1, -0.05) is 18.2 Å². The zero-order chi connectivity index (χ0) is 19.5. The van der Waals surface area contributed by atoms with Crippen molar-refractivity contribution in [3.8, 4) is 5.75 Å². The van der Waals surface area contributed by atoms with E-state index in [9.17, 15) is 13.8 Å². The molecule has 27 heavy (non-hydrogen) atoms. The van der Waals surface area contributed by atoms with Gasteiger partial charge in [0.2, 0.25) is 5.91 Å². The molecule has 6 nitrogen and oxygen atoms in total. The van der Waals surface area contributed by atoms with Crippen LogP contribution >= 0.6 is 0 Å². The Morgan fingerprint density at radius 2 is 1.96 bits per heavy atom. The fourth-order valence-corrected chi connectivity index (χ4v) is 2.70. The zero-order valence-corrected chi connectivity index (χ0v) is 15.5. The normalized spacial score (nSPS) is 11.9. The molecule has 1 aliphatic rings. The van der Waals surface area contributed by atoms with E-state index in [2.05, 4.69) is 5.32 Å². The Balaban J connectivity index is 0.000000244. The number of fused-ring (bicyclic) bond motifs is 1. The van der Waals surface area contributed by atoms with Crippen molar-refractivity contribution in [2.45, 2.75) is 25.7 Å². The number of benzene rings is 2. The Morgan fingerprint density at radius 3 is 2.63 bits per heavy atom. The highest BCUT2D eigenvalue weighted by Crippen LogP contribution is 2.26. The first-order valence-electron chi connectivity index (χ1n) is 8.54. The van der Waals surface area contributed by atoms with Gasteiger partial charge in [-0.3, -0.25) is 4.79 Å². The number of unbranched alkanes of at least 4 members (excludes halogenated alkanes) is 1. The summed E-state index contributed by atoms with van der Waals surface area (Å²) in [5, 5.41) is 12.8. The number of carbonyl (C=O) groups is 2. The molecule has 3 rings (SSSR count). The standard InChI is InChI=1S/C13H15NO3S.C7H6O2/c15-13-6-3-10-9-11(4-5-12(10)14-13)17-7-1-2-8-18-16;8-7(9)6-4-2-1-3-5-6/h4-5,8-9H,1-3,6-7H2,(H,14,15);1-5H,(H,8,9). The highest BCUT2D eigenvalue weighted by Gasteiger charge is 2.14. The molecule has 1 amide bonds. The lowest BCUT2D eigenvalue weighted by atomic mass is 10.0. The van der Waals surface area contributed by atoms with Crippen LogP contribution < -0.4 is 10.1 Å². The fraction of sp³-hybridized carbons (Fsp3) is 0.250. The minimum absolute atomic E-state index is 0.0711. The highest BCUT2D eigenvalue weighted by atomic mass is 32.1. The Labute approximate surface area is 161 Å². The van der Waals surface area contributed by atoms with E-state index in [1.165, 1.54) is 0 Å². The lowest BCUT2D eigenvalue weighted by molar-refractivity contribution is -0.116. The Hall–Kier alpha value is -2.93. The second-order valence-electron chi connectivity index (χ2n) is 5.79. The number of aromatic carboxylic acids is 1. The number of carboxylic acids is 1. The van der Waals surface area contributed by atoms with E-state index in [-0.39, 0.29) is 5.91 Å². The maximum atomic E-state index is 11.2. The van der Waals surface area contributed by atoms with Crippen molar-refractivity contribution >= 4 is 34.2 Å². The van der Waals surface area contributed by atoms with Crippen LogP contribution in [0.1, 0.15) is 35.2 Å². The van der Waals surface area contributed by atoms with Crippen LogP contribution in [0.4, 0.5) is 5.69 Å². The predicted molar refractivity (Wildman–Crippen MR) is 106 cm³/mol. The monoisotopic (exact) mass is 387 g/mol. The SMILES string of the molecule is O=C(O)c1ccccc1.O=S=CCCCOc1ccc2c(c1)CCC(=O)N2. The van der Waals surface area contributed by atoms with Crippen molar-refractivity contribution in [1.82, 2.24) is 0 Å². The van der Waals surface area contributed by atoms with Crippen LogP contribution in [0.3, 0.4) is 0 Å². The van der Waals surface area contributed by atoms with Gasteiger partial charge in [-0.15, -0.1) is 0 Å². The molecule has 0 bridgehead atoms. The second kappa shape index (κ2) is 10.9. The van der Waals surface area contributed by atoms with E-state index >= 15 is 0 Å². The molecule has 7 heteroatoms. The van der Waals surface area contributed by atoms with E-state index in [1.54, 1.807) is 35.7 Å². The molecule has 2 aromatic carbocycles. The van der Waals surface area contributed by atoms with E-state index in [0.29, 0.717) is 29.8 Å². The van der Waals surface area contributed by atoms with E-state index in [1.807, 2.05) is 18.2 Å². The molecule has 0 atom stereocenters. The molecule has 2 N–H and O–H groups in total. The second-order valence-corrected chi connectivity index (χ2v) is 6.32. The van der Waals surface area contributed by atoms with E-state index in [0.717, 1.165) is 36.3 Å². The summed E-state index contributed by atoms with van der Waals surface area (Å²) in [7, 11) is 0. The van der Waals surface area contributed by atoms with Crippen LogP contribution in [0.2, 0.25) is 0 Å². The minimum atomic E-state index is -0.879. The number of hydrogen-bond acceptors (Lipinski definition) is 4. The minimum Gasteiger partial charge on any atom is -0.494 e. The third kappa shape index (κ3) is 7.07. The van der Waals surface area contributed by atoms with Crippen LogP contribution in [-0.2, 0) is 22.5 Å². The van der Waals surface area contributed by atoms with Crippen LogP contribution in [0, 0.1) is 0 Å². The number of ether oxygens (including phenoxy) is 1. The zero-order valence-electron chi connectivity index (χ0n) is 14.7. The van der Waals surface area contributed by atoms with Crippen LogP contribution in [0.15, 0.2) is 48.5 Å². The highest BCUT2D eigenvalue weighted by molar-refractivity contribution is 7.64. The molecule has 1 heterocycles. The number of rotatable bonds is 6. The number of carboxylic acid groups (broad SMARTS) is 1. The molecule has 1 aliphatic heterocycles. The van der Waals surface area contributed by atoms with E-state index in [4.69, 9.17) is 9.84 Å². The predicted octanol–water partition coefficient (Wildman–Crippen LogP) is 3.13. The molecular weight excluding hydrogens is 366 g/mol. The van der Waals surface area contributed by atoms with Crippen molar-refractivity contribution in [2.75, 3.05) is 11.9 Å². The van der Waals surface area contributed by atoms with Crippen molar-refractivity contribution in [3.05, 3.63) is 59.7 Å². The van der Waals surface area contributed by atoms with Crippen LogP contribution in [-0.4, -0.2) is 33.2 Å². The van der Waals surface area contributed by atoms with Crippen molar-refractivity contribution in [3.63, 3.8) is 0 Å². The first kappa shape index (κ1) is 20.4. The third-order valence-corrected chi connectivity index (χ3v) is 4.17. The summed E-state index contributed by atoms with van der Waals surface area (Å²) in [6.07, 6.45) is 2.89. The molecule has 142 valence electrons. The summed E-state index contributed by atoms with van der Waals surface area (Å²) in [5.74, 6) is 0.0112. The Bertz CT molecular complexity index is 832. The number of nitrogens with one attached hydrogen (secondary N) is 1. The molecule has 0 spiro atoms. The molecule has 0 radical (unpaired) electrons. The molecule has 0 unspecified atom stereocenters. The molecule has 0 saturated carbocycles. The lowest BCUT2D eigenvalue weighted by Gasteiger charge is -2.17. The summed E-state index contributed by atoms with van der Waals surface area (Å²) in [5.41, 5.74) is 2.33. The van der Waals surface area contributed by atoms with Crippen molar-refractivity contribution in [2.24, 2.45) is 0 Å². The topological polar surface area (TPSA) is 92.7 Å². The summed E-state index contributed by atoms with van der Waals surface area (Å²) >= 11 is 0.496. The van der Waals surface area contributed by atoms with Crippen LogP contribution in [0.25, 0.3) is 0 Å². The number of amides is 1. The maximum Gasteiger partial charge on any atom is 0.335 e. The Morgan fingerprint density at radius 1 is 1.19 bits per heavy atom. The first-order valence-corrected chi connectivity index (χ1v) is 9.35. The summed E-state index contributed by atoms with van der Waals surface area (Å²) in [4.78, 5) is 21.4. The van der Waals surface area contributed by atoms with Gasteiger partial charge in [-0.2, -0.15) is 0 Å². The number of hydrogen-bond donors (Lipinski definition) is 2. The summed E-state index contributed by atoms with van der Waals surface area (Å²) in [6, 6.07) is 14.0. The average Bonchev–Trinajstić information content (AvgIpc) is 2.69. The largest absolute Gasteiger partial charge is 0.494 e. The molecule has 0 fully saturated rings. The first-order chi connectivity index (χ1) is 13.1. The van der Waals surface area contributed by atoms with Gasteiger partial charge in [-0.25, -0.2) is 9.00 Å². The average molecular weight is 387 g/mol. The molecule has 0 saturated heterocycles. The van der Waals surface area contributed by atoms with Gasteiger partial charge in [0.25, 0.3) is 0 Å². The summed E-state index contributed by atoms with van der Waals surface area (Å²) < 4.78 is 15.7. The molecular formula is C20H21NO5S. The number of carbonyl (C=O) groups excluding carboxylic acids is 1. The van der Waals surface area contributed by atoms with Crippen molar-refractivity contribution < 1.29 is 23.6 Å². The van der Waals surface area contributed by atoms with Crippen LogP contribution in [0.5, 0.6) is 5.75 Å². The third-order valence-electron chi connectivity index (χ3n) is 3.80. The van der Waals surface area contributed by atoms with Gasteiger partial charge in [0.05, 0.1) is 23.4 Å². The summed E-state index contributed by atoms with van der Waals surface area (Å²) in [6.45, 7) is 0.599. The molecule has 0 aromatic heterocycles. The number of aryl methyl sites for hydroxylation is 1. The molecule has 2 aromatic rings. The molecule has 0 aliphatic carbocycles. The lowest BCUT2D eigenvalue weighted by Crippen LogP contribution is -2.18. The van der Waals surface area contributed by atoms with Gasteiger partial charge in [0.15, 0.2) is 0 Å². The maximum absolute atomic E-state index is 11.2. The van der Waals surface area contributed by atoms with Gasteiger partial charge in [0.1, 0.15) is 5.75 Å². The van der Waals surface area contributed by atoms with Gasteiger partial charge in [-0.05, 0) is 55.2 Å². The van der Waals surface area contributed by atoms with Gasteiger partial charge in [0, 0.05) is 17.5 Å². The van der Waals surface area contributed by atoms with Gasteiger partial charge >= 0.3 is 5.97 Å². The quantitative estimate of drug-likeness (QED) is 0.587. The smallest absolute Gasteiger partial charge is 0.335 e. The van der Waals surface area contributed by atoms with Crippen molar-refractivity contribution in [1.29, 1.82) is 0 Å². The van der Waals surface area contributed by atoms with E-state index < -0.39 is 5.97 Å². The fourth-order valence-electron chi connectivity index (χ4n) is 2.44. The number of anilines is 1. The Kier molecular flexibility index (Phi) is 8.25. The van der Waals surface area contributed by atoms with Gasteiger partial charge < -0.3 is 15.2 Å².